The molecule has 2 rings (SSSR count). The van der Waals surface area contributed by atoms with Gasteiger partial charge in [0.2, 0.25) is 0 Å². The van der Waals surface area contributed by atoms with Crippen LogP contribution in [-0.4, -0.2) is 49.5 Å². The summed E-state index contributed by atoms with van der Waals surface area (Å²) in [6.07, 6.45) is 4.31. The highest BCUT2D eigenvalue weighted by atomic mass is 16.1. The van der Waals surface area contributed by atoms with E-state index in [9.17, 15) is 4.79 Å². The zero-order valence-corrected chi connectivity index (χ0v) is 11.8. The van der Waals surface area contributed by atoms with Gasteiger partial charge in [-0.15, -0.1) is 0 Å². The molecular weight excluding hydrogens is 240 g/mol. The standard InChI is InChI=1S/C14H22N4O/c1-15-14(19)11-5-4-8-16-13(11)17-9-12(18(2)3)10-6-7-10/h4-5,8,10,12H,6-7,9H2,1-3H3,(H,15,19)(H,16,17). The number of amides is 1. The Bertz CT molecular complexity index is 441. The lowest BCUT2D eigenvalue weighted by atomic mass is 10.1. The van der Waals surface area contributed by atoms with Gasteiger partial charge in [-0.3, -0.25) is 4.79 Å². The van der Waals surface area contributed by atoms with Crippen LogP contribution in [0.25, 0.3) is 0 Å². The Kier molecular flexibility index (Phi) is 4.37. The van der Waals surface area contributed by atoms with Crippen LogP contribution in [0.4, 0.5) is 5.82 Å². The first-order chi connectivity index (χ1) is 9.13. The van der Waals surface area contributed by atoms with Gasteiger partial charge in [0, 0.05) is 25.8 Å². The molecule has 1 unspecified atom stereocenters. The predicted octanol–water partition coefficient (Wildman–Crippen LogP) is 1.19. The zero-order valence-electron chi connectivity index (χ0n) is 11.8. The Balaban J connectivity index is 2.04. The summed E-state index contributed by atoms with van der Waals surface area (Å²) in [7, 11) is 5.83. The van der Waals surface area contributed by atoms with E-state index in [4.69, 9.17) is 0 Å². The Morgan fingerprint density at radius 3 is 2.84 bits per heavy atom. The number of nitrogens with zero attached hydrogens (tertiary/aromatic N) is 2. The van der Waals surface area contributed by atoms with Crippen LogP contribution in [0.5, 0.6) is 0 Å². The van der Waals surface area contributed by atoms with Gasteiger partial charge < -0.3 is 15.5 Å². The Morgan fingerprint density at radius 2 is 2.26 bits per heavy atom. The van der Waals surface area contributed by atoms with Gasteiger partial charge in [-0.2, -0.15) is 0 Å². The number of carbonyl (C=O) groups is 1. The van der Waals surface area contributed by atoms with Gasteiger partial charge in [-0.25, -0.2) is 4.98 Å². The third-order valence-electron chi connectivity index (χ3n) is 3.59. The van der Waals surface area contributed by atoms with Crippen molar-refractivity contribution < 1.29 is 4.79 Å². The number of nitrogens with one attached hydrogen (secondary N) is 2. The zero-order chi connectivity index (χ0) is 13.8. The molecule has 1 aromatic rings. The van der Waals surface area contributed by atoms with Crippen LogP contribution in [0.2, 0.25) is 0 Å². The molecule has 1 aliphatic carbocycles. The summed E-state index contributed by atoms with van der Waals surface area (Å²) < 4.78 is 0. The molecule has 2 N–H and O–H groups in total. The fourth-order valence-corrected chi connectivity index (χ4v) is 2.32. The fraction of sp³-hybridized carbons (Fsp3) is 0.571. The molecule has 0 bridgehead atoms. The molecule has 0 saturated heterocycles. The third kappa shape index (κ3) is 3.44. The van der Waals surface area contributed by atoms with Crippen molar-refractivity contribution in [2.45, 2.75) is 18.9 Å². The lowest BCUT2D eigenvalue weighted by molar-refractivity contribution is 0.0963. The van der Waals surface area contributed by atoms with Crippen LogP contribution < -0.4 is 10.6 Å². The molecule has 1 fully saturated rings. The molecule has 19 heavy (non-hydrogen) atoms. The molecule has 1 heterocycles. The van der Waals surface area contributed by atoms with E-state index >= 15 is 0 Å². The van der Waals surface area contributed by atoms with Crippen molar-refractivity contribution in [2.24, 2.45) is 5.92 Å². The van der Waals surface area contributed by atoms with Gasteiger partial charge in [0.1, 0.15) is 5.82 Å². The van der Waals surface area contributed by atoms with E-state index in [1.807, 2.05) is 0 Å². The van der Waals surface area contributed by atoms with Gasteiger partial charge >= 0.3 is 0 Å². The van der Waals surface area contributed by atoms with Crippen LogP contribution in [-0.2, 0) is 0 Å². The fourth-order valence-electron chi connectivity index (χ4n) is 2.32. The number of anilines is 1. The number of carbonyl (C=O) groups excluding carboxylic acids is 1. The van der Waals surface area contributed by atoms with E-state index in [1.165, 1.54) is 12.8 Å². The van der Waals surface area contributed by atoms with Gasteiger partial charge in [0.15, 0.2) is 0 Å². The van der Waals surface area contributed by atoms with Crippen LogP contribution in [0, 0.1) is 5.92 Å². The highest BCUT2D eigenvalue weighted by molar-refractivity contribution is 5.98. The third-order valence-corrected chi connectivity index (χ3v) is 3.59. The van der Waals surface area contributed by atoms with Crippen LogP contribution in [0.15, 0.2) is 18.3 Å². The molecule has 1 saturated carbocycles. The van der Waals surface area contributed by atoms with Crippen LogP contribution in [0.3, 0.4) is 0 Å². The molecule has 0 aliphatic heterocycles. The van der Waals surface area contributed by atoms with E-state index < -0.39 is 0 Å². The predicted molar refractivity (Wildman–Crippen MR) is 76.3 cm³/mol. The summed E-state index contributed by atoms with van der Waals surface area (Å²) in [5.74, 6) is 1.33. The van der Waals surface area contributed by atoms with E-state index in [-0.39, 0.29) is 5.91 Å². The van der Waals surface area contributed by atoms with E-state index in [0.717, 1.165) is 12.5 Å². The average molecular weight is 262 g/mol. The van der Waals surface area contributed by atoms with Crippen molar-refractivity contribution in [1.29, 1.82) is 0 Å². The van der Waals surface area contributed by atoms with E-state index in [0.29, 0.717) is 17.4 Å². The van der Waals surface area contributed by atoms with Crippen molar-refractivity contribution >= 4 is 11.7 Å². The summed E-state index contributed by atoms with van der Waals surface area (Å²) in [5.41, 5.74) is 0.596. The summed E-state index contributed by atoms with van der Waals surface area (Å²) in [5, 5.41) is 5.96. The molecule has 1 atom stereocenters. The van der Waals surface area contributed by atoms with Crippen molar-refractivity contribution in [1.82, 2.24) is 15.2 Å². The monoisotopic (exact) mass is 262 g/mol. The van der Waals surface area contributed by atoms with Crippen molar-refractivity contribution in [3.8, 4) is 0 Å². The second-order valence-corrected chi connectivity index (χ2v) is 5.23. The molecular formula is C14H22N4O. The minimum atomic E-state index is -0.108. The number of likely N-dealkylation sites (N-methyl/N-ethyl adjacent to an activating group) is 1. The van der Waals surface area contributed by atoms with Crippen LogP contribution >= 0.6 is 0 Å². The highest BCUT2D eigenvalue weighted by Gasteiger charge is 2.32. The van der Waals surface area contributed by atoms with Gasteiger partial charge in [-0.1, -0.05) is 0 Å². The second-order valence-electron chi connectivity index (χ2n) is 5.23. The second kappa shape index (κ2) is 6.02. The van der Waals surface area contributed by atoms with E-state index in [2.05, 4.69) is 34.6 Å². The molecule has 5 nitrogen and oxygen atoms in total. The first kappa shape index (κ1) is 13.8. The average Bonchev–Trinajstić information content (AvgIpc) is 3.23. The number of pyridine rings is 1. The number of hydrogen-bond donors (Lipinski definition) is 2. The topological polar surface area (TPSA) is 57.3 Å². The molecule has 104 valence electrons. The maximum absolute atomic E-state index is 11.8. The summed E-state index contributed by atoms with van der Waals surface area (Å²) >= 11 is 0. The maximum Gasteiger partial charge on any atom is 0.254 e. The van der Waals surface area contributed by atoms with Crippen molar-refractivity contribution in [3.05, 3.63) is 23.9 Å². The Labute approximate surface area is 114 Å². The largest absolute Gasteiger partial charge is 0.368 e. The molecule has 1 aliphatic rings. The quantitative estimate of drug-likeness (QED) is 0.808. The maximum atomic E-state index is 11.8. The molecule has 1 aromatic heterocycles. The summed E-state index contributed by atoms with van der Waals surface area (Å²) in [6, 6.07) is 4.07. The molecule has 0 aromatic carbocycles. The summed E-state index contributed by atoms with van der Waals surface area (Å²) in [4.78, 5) is 18.3. The SMILES string of the molecule is CNC(=O)c1cccnc1NCC(C1CC1)N(C)C. The highest BCUT2D eigenvalue weighted by Crippen LogP contribution is 2.34. The van der Waals surface area contributed by atoms with Gasteiger partial charge in [0.25, 0.3) is 5.91 Å². The molecule has 5 heteroatoms. The first-order valence-corrected chi connectivity index (χ1v) is 6.71. The molecule has 1 amide bonds. The number of hydrogen-bond acceptors (Lipinski definition) is 4. The number of aromatic nitrogens is 1. The van der Waals surface area contributed by atoms with Gasteiger partial charge in [0.05, 0.1) is 5.56 Å². The lowest BCUT2D eigenvalue weighted by Gasteiger charge is -2.25. The Morgan fingerprint density at radius 1 is 1.53 bits per heavy atom. The van der Waals surface area contributed by atoms with Crippen molar-refractivity contribution in [2.75, 3.05) is 33.0 Å². The molecule has 0 spiro atoms. The van der Waals surface area contributed by atoms with Crippen LogP contribution in [0.1, 0.15) is 23.2 Å². The van der Waals surface area contributed by atoms with Crippen molar-refractivity contribution in [3.63, 3.8) is 0 Å². The summed E-state index contributed by atoms with van der Waals surface area (Å²) in [6.45, 7) is 0.818. The smallest absolute Gasteiger partial charge is 0.254 e. The van der Waals surface area contributed by atoms with Gasteiger partial charge in [-0.05, 0) is 45.0 Å². The first-order valence-electron chi connectivity index (χ1n) is 6.71. The normalized spacial score (nSPS) is 16.2. The number of rotatable bonds is 6. The van der Waals surface area contributed by atoms with E-state index in [1.54, 1.807) is 25.4 Å². The molecule has 0 radical (unpaired) electrons. The Hall–Kier alpha value is -1.62. The minimum absolute atomic E-state index is 0.108. The lowest BCUT2D eigenvalue weighted by Crippen LogP contribution is -2.36. The minimum Gasteiger partial charge on any atom is -0.368 e.